The first-order valence-corrected chi connectivity index (χ1v) is 17.1. The fraction of sp³-hybridized carbons (Fsp3) is 0.297. The number of carbonyl (C=O) groups is 2. The monoisotopic (exact) mass is 641 g/mol. The summed E-state index contributed by atoms with van der Waals surface area (Å²) in [5.74, 6) is -0.894. The summed E-state index contributed by atoms with van der Waals surface area (Å²) in [4.78, 5) is 29.7. The van der Waals surface area contributed by atoms with Crippen LogP contribution < -0.4 is 5.32 Å². The summed E-state index contributed by atoms with van der Waals surface area (Å²) in [6.45, 7) is 3.51. The number of nitrogens with one attached hydrogen (secondary N) is 1. The van der Waals surface area contributed by atoms with E-state index in [4.69, 9.17) is 0 Å². The molecule has 1 unspecified atom stereocenters. The molecule has 1 aliphatic heterocycles. The maximum Gasteiger partial charge on any atom is 0.243 e. The SMILES string of the molecule is Cc1ccc(CNC(=O)C(Cc2ccccc2)N(Cc2ccc(F)cc2)C(=O)CCc2ccc(S(=O)(=O)N3CCCC3)cc2)cc1. The third kappa shape index (κ3) is 8.68. The maximum absolute atomic E-state index is 14.0. The van der Waals surface area contributed by atoms with E-state index in [9.17, 15) is 22.4 Å². The summed E-state index contributed by atoms with van der Waals surface area (Å²) in [6.07, 6.45) is 2.50. The Hall–Kier alpha value is -4.34. The molecule has 0 radical (unpaired) electrons. The first-order chi connectivity index (χ1) is 22.2. The molecule has 1 heterocycles. The zero-order valence-corrected chi connectivity index (χ0v) is 26.9. The summed E-state index contributed by atoms with van der Waals surface area (Å²) in [5, 5.41) is 3.03. The van der Waals surface area contributed by atoms with Gasteiger partial charge in [0.05, 0.1) is 4.90 Å². The van der Waals surface area contributed by atoms with Crippen molar-refractivity contribution in [1.29, 1.82) is 0 Å². The molecule has 0 spiro atoms. The van der Waals surface area contributed by atoms with E-state index >= 15 is 0 Å². The van der Waals surface area contributed by atoms with Crippen LogP contribution in [0.3, 0.4) is 0 Å². The molecule has 2 amide bonds. The molecule has 1 atom stereocenters. The van der Waals surface area contributed by atoms with Crippen molar-refractivity contribution >= 4 is 21.8 Å². The number of sulfonamides is 1. The Balaban J connectivity index is 1.36. The van der Waals surface area contributed by atoms with Crippen molar-refractivity contribution < 1.29 is 22.4 Å². The van der Waals surface area contributed by atoms with Gasteiger partial charge in [0.25, 0.3) is 0 Å². The van der Waals surface area contributed by atoms with E-state index < -0.39 is 16.1 Å². The lowest BCUT2D eigenvalue weighted by atomic mass is 10.0. The minimum atomic E-state index is -3.53. The highest BCUT2D eigenvalue weighted by Gasteiger charge is 2.31. The molecule has 7 nitrogen and oxygen atoms in total. The van der Waals surface area contributed by atoms with Crippen molar-refractivity contribution in [2.45, 2.75) is 63.1 Å². The first-order valence-electron chi connectivity index (χ1n) is 15.7. The Kier molecular flexibility index (Phi) is 11.0. The Bertz CT molecular complexity index is 1710. The van der Waals surface area contributed by atoms with Crippen molar-refractivity contribution in [3.63, 3.8) is 0 Å². The molecular weight excluding hydrogens is 601 g/mol. The highest BCUT2D eigenvalue weighted by molar-refractivity contribution is 7.89. The zero-order valence-electron chi connectivity index (χ0n) is 26.1. The van der Waals surface area contributed by atoms with E-state index in [1.807, 2.05) is 61.5 Å². The smallest absolute Gasteiger partial charge is 0.243 e. The van der Waals surface area contributed by atoms with Crippen molar-refractivity contribution in [3.05, 3.63) is 137 Å². The second-order valence-corrected chi connectivity index (χ2v) is 13.8. The van der Waals surface area contributed by atoms with Gasteiger partial charge in [-0.15, -0.1) is 0 Å². The zero-order chi connectivity index (χ0) is 32.5. The van der Waals surface area contributed by atoms with Gasteiger partial charge in [0.2, 0.25) is 21.8 Å². The predicted molar refractivity (Wildman–Crippen MR) is 177 cm³/mol. The van der Waals surface area contributed by atoms with Crippen molar-refractivity contribution in [2.75, 3.05) is 13.1 Å². The summed E-state index contributed by atoms with van der Waals surface area (Å²) in [7, 11) is -3.53. The third-order valence-electron chi connectivity index (χ3n) is 8.38. The minimum Gasteiger partial charge on any atom is -0.350 e. The van der Waals surface area contributed by atoms with Crippen LogP contribution in [0.2, 0.25) is 0 Å². The maximum atomic E-state index is 14.0. The molecule has 1 N–H and O–H groups in total. The third-order valence-corrected chi connectivity index (χ3v) is 10.3. The number of aryl methyl sites for hydroxylation is 2. The quantitative estimate of drug-likeness (QED) is 0.200. The van der Waals surface area contributed by atoms with Gasteiger partial charge in [-0.2, -0.15) is 4.31 Å². The van der Waals surface area contributed by atoms with Gasteiger partial charge in [-0.25, -0.2) is 12.8 Å². The minimum absolute atomic E-state index is 0.107. The molecular formula is C37H40FN3O4S. The molecule has 0 saturated carbocycles. The van der Waals surface area contributed by atoms with Gasteiger partial charge in [0.15, 0.2) is 0 Å². The van der Waals surface area contributed by atoms with Crippen LogP contribution in [0.25, 0.3) is 0 Å². The van der Waals surface area contributed by atoms with Crippen LogP contribution in [-0.4, -0.2) is 48.6 Å². The molecule has 0 aliphatic carbocycles. The lowest BCUT2D eigenvalue weighted by molar-refractivity contribution is -0.141. The average Bonchev–Trinajstić information content (AvgIpc) is 3.63. The molecule has 1 fully saturated rings. The molecule has 1 aliphatic rings. The molecule has 0 aromatic heterocycles. The molecule has 46 heavy (non-hydrogen) atoms. The Morgan fingerprint density at radius 3 is 2.07 bits per heavy atom. The molecule has 4 aromatic rings. The first kappa shape index (κ1) is 33.0. The predicted octanol–water partition coefficient (Wildman–Crippen LogP) is 5.81. The van der Waals surface area contributed by atoms with Crippen molar-refractivity contribution in [3.8, 4) is 0 Å². The Labute approximate surface area is 271 Å². The van der Waals surface area contributed by atoms with Crippen LogP contribution in [0.15, 0.2) is 108 Å². The topological polar surface area (TPSA) is 86.8 Å². The molecule has 4 aromatic carbocycles. The molecule has 5 rings (SSSR count). The number of amides is 2. The highest BCUT2D eigenvalue weighted by Crippen LogP contribution is 2.22. The molecule has 1 saturated heterocycles. The number of hydrogen-bond acceptors (Lipinski definition) is 4. The standard InChI is InChI=1S/C37H40FN3O4S/c1-28-9-11-31(12-10-28)26-39-37(43)35(25-30-7-3-2-4-8-30)41(27-32-13-18-33(38)19-14-32)36(42)22-17-29-15-20-34(21-16-29)46(44,45)40-23-5-6-24-40/h2-4,7-16,18-21,35H,5-6,17,22-27H2,1H3,(H,39,43). The summed E-state index contributed by atoms with van der Waals surface area (Å²) < 4.78 is 41.2. The summed E-state index contributed by atoms with van der Waals surface area (Å²) >= 11 is 0. The van der Waals surface area contributed by atoms with E-state index in [-0.39, 0.29) is 35.5 Å². The van der Waals surface area contributed by atoms with Crippen molar-refractivity contribution in [2.24, 2.45) is 0 Å². The fourth-order valence-electron chi connectivity index (χ4n) is 5.65. The lowest BCUT2D eigenvalue weighted by Crippen LogP contribution is -2.50. The van der Waals surface area contributed by atoms with Crippen LogP contribution in [0.1, 0.15) is 47.1 Å². The van der Waals surface area contributed by atoms with Crippen LogP contribution >= 0.6 is 0 Å². The average molecular weight is 642 g/mol. The summed E-state index contributed by atoms with van der Waals surface area (Å²) in [5.41, 5.74) is 4.50. The number of halogens is 1. The van der Waals surface area contributed by atoms with Gasteiger partial charge in [-0.1, -0.05) is 84.4 Å². The van der Waals surface area contributed by atoms with E-state index in [2.05, 4.69) is 5.32 Å². The number of carbonyl (C=O) groups excluding carboxylic acids is 2. The van der Waals surface area contributed by atoms with Gasteiger partial charge in [0, 0.05) is 39.0 Å². The summed E-state index contributed by atoms with van der Waals surface area (Å²) in [6, 6.07) is 29.3. The highest BCUT2D eigenvalue weighted by atomic mass is 32.2. The van der Waals surface area contributed by atoms with E-state index in [1.165, 1.54) is 16.4 Å². The number of benzene rings is 4. The normalized spacial score (nSPS) is 14.1. The molecule has 0 bridgehead atoms. The second-order valence-electron chi connectivity index (χ2n) is 11.8. The fourth-order valence-corrected chi connectivity index (χ4v) is 7.17. The van der Waals surface area contributed by atoms with Crippen LogP contribution in [0.5, 0.6) is 0 Å². The van der Waals surface area contributed by atoms with E-state index in [0.717, 1.165) is 35.1 Å². The van der Waals surface area contributed by atoms with Gasteiger partial charge in [-0.3, -0.25) is 9.59 Å². The number of nitrogens with zero attached hydrogens (tertiary/aromatic N) is 2. The number of hydrogen-bond donors (Lipinski definition) is 1. The molecule has 240 valence electrons. The van der Waals surface area contributed by atoms with Gasteiger partial charge in [0.1, 0.15) is 11.9 Å². The van der Waals surface area contributed by atoms with Crippen LogP contribution in [-0.2, 0) is 45.5 Å². The van der Waals surface area contributed by atoms with E-state index in [0.29, 0.717) is 38.0 Å². The largest absolute Gasteiger partial charge is 0.350 e. The van der Waals surface area contributed by atoms with Gasteiger partial charge < -0.3 is 10.2 Å². The van der Waals surface area contributed by atoms with Gasteiger partial charge >= 0.3 is 0 Å². The van der Waals surface area contributed by atoms with Crippen molar-refractivity contribution in [1.82, 2.24) is 14.5 Å². The van der Waals surface area contributed by atoms with Crippen LogP contribution in [0.4, 0.5) is 4.39 Å². The Morgan fingerprint density at radius 2 is 1.41 bits per heavy atom. The molecule has 9 heteroatoms. The van der Waals surface area contributed by atoms with E-state index in [1.54, 1.807) is 41.3 Å². The van der Waals surface area contributed by atoms with Gasteiger partial charge in [-0.05, 0) is 72.7 Å². The second kappa shape index (κ2) is 15.3. The number of rotatable bonds is 13. The van der Waals surface area contributed by atoms with Crippen LogP contribution in [0, 0.1) is 12.7 Å². The Morgan fingerprint density at radius 1 is 0.804 bits per heavy atom. The lowest BCUT2D eigenvalue weighted by Gasteiger charge is -2.32.